The van der Waals surface area contributed by atoms with Gasteiger partial charge in [-0.25, -0.2) is 0 Å². The minimum atomic E-state index is 0.0995. The van der Waals surface area contributed by atoms with Crippen LogP contribution in [-0.4, -0.2) is 26.2 Å². The van der Waals surface area contributed by atoms with Gasteiger partial charge in [-0.1, -0.05) is 42.5 Å². The van der Waals surface area contributed by atoms with Crippen LogP contribution in [0.2, 0.25) is 0 Å². The SMILES string of the molecule is C=NC[C@H](CCC(=O)c1ccccc1OC)c1ccccc1. The van der Waals surface area contributed by atoms with E-state index in [-0.39, 0.29) is 11.7 Å². The Morgan fingerprint density at radius 1 is 1.14 bits per heavy atom. The molecule has 0 unspecified atom stereocenters. The molecule has 3 heteroatoms. The van der Waals surface area contributed by atoms with Crippen molar-refractivity contribution < 1.29 is 9.53 Å². The number of para-hydroxylation sites is 1. The second-order valence-electron chi connectivity index (χ2n) is 5.18. The molecule has 114 valence electrons. The summed E-state index contributed by atoms with van der Waals surface area (Å²) < 4.78 is 5.26. The van der Waals surface area contributed by atoms with E-state index in [1.165, 1.54) is 5.56 Å². The Morgan fingerprint density at radius 3 is 2.50 bits per heavy atom. The fourth-order valence-corrected chi connectivity index (χ4v) is 2.56. The van der Waals surface area contributed by atoms with Crippen molar-refractivity contribution in [2.45, 2.75) is 18.8 Å². The maximum absolute atomic E-state index is 12.4. The molecule has 0 bridgehead atoms. The number of carbonyl (C=O) groups is 1. The first-order valence-corrected chi connectivity index (χ1v) is 7.40. The fourth-order valence-electron chi connectivity index (χ4n) is 2.56. The minimum absolute atomic E-state index is 0.0995. The van der Waals surface area contributed by atoms with Gasteiger partial charge >= 0.3 is 0 Å². The monoisotopic (exact) mass is 295 g/mol. The molecule has 22 heavy (non-hydrogen) atoms. The third kappa shape index (κ3) is 4.04. The van der Waals surface area contributed by atoms with Crippen LogP contribution >= 0.6 is 0 Å². The topological polar surface area (TPSA) is 38.7 Å². The van der Waals surface area contributed by atoms with E-state index in [1.807, 2.05) is 42.5 Å². The summed E-state index contributed by atoms with van der Waals surface area (Å²) in [4.78, 5) is 16.4. The number of ether oxygens (including phenoxy) is 1. The Hall–Kier alpha value is -2.42. The zero-order valence-electron chi connectivity index (χ0n) is 12.9. The van der Waals surface area contributed by atoms with Gasteiger partial charge in [-0.2, -0.15) is 0 Å². The van der Waals surface area contributed by atoms with Gasteiger partial charge in [-0.3, -0.25) is 4.79 Å². The summed E-state index contributed by atoms with van der Waals surface area (Å²) in [6.45, 7) is 4.21. The van der Waals surface area contributed by atoms with Crippen LogP contribution in [0.25, 0.3) is 0 Å². The Bertz CT molecular complexity index is 622. The average Bonchev–Trinajstić information content (AvgIpc) is 2.59. The second kappa shape index (κ2) is 8.13. The normalized spacial score (nSPS) is 11.7. The van der Waals surface area contributed by atoms with E-state index in [9.17, 15) is 4.79 Å². The molecule has 0 aliphatic carbocycles. The lowest BCUT2D eigenvalue weighted by molar-refractivity contribution is 0.0974. The molecular weight excluding hydrogens is 274 g/mol. The Kier molecular flexibility index (Phi) is 5.90. The smallest absolute Gasteiger partial charge is 0.166 e. The first-order valence-electron chi connectivity index (χ1n) is 7.40. The third-order valence-electron chi connectivity index (χ3n) is 3.75. The van der Waals surface area contributed by atoms with Gasteiger partial charge in [0.2, 0.25) is 0 Å². The fraction of sp³-hybridized carbons (Fsp3) is 0.263. The Balaban J connectivity index is 2.06. The highest BCUT2D eigenvalue weighted by Gasteiger charge is 2.16. The van der Waals surface area contributed by atoms with Crippen LogP contribution in [-0.2, 0) is 0 Å². The predicted octanol–water partition coefficient (Wildman–Crippen LogP) is 4.14. The molecule has 2 aromatic rings. The standard InChI is InChI=1S/C19H21NO2/c1-20-14-16(15-8-4-3-5-9-15)12-13-18(21)17-10-6-7-11-19(17)22-2/h3-11,16H,1,12-14H2,2H3/t16-/m0/s1. The molecular formula is C19H21NO2. The highest BCUT2D eigenvalue weighted by molar-refractivity contribution is 5.98. The number of methoxy groups -OCH3 is 1. The number of benzene rings is 2. The lowest BCUT2D eigenvalue weighted by atomic mass is 9.92. The summed E-state index contributed by atoms with van der Waals surface area (Å²) >= 11 is 0. The van der Waals surface area contributed by atoms with Gasteiger partial charge in [-0.05, 0) is 30.8 Å². The van der Waals surface area contributed by atoms with E-state index in [2.05, 4.69) is 23.8 Å². The predicted molar refractivity (Wildman–Crippen MR) is 90.2 cm³/mol. The largest absolute Gasteiger partial charge is 0.496 e. The highest BCUT2D eigenvalue weighted by atomic mass is 16.5. The molecule has 0 amide bonds. The third-order valence-corrected chi connectivity index (χ3v) is 3.75. The second-order valence-corrected chi connectivity index (χ2v) is 5.18. The molecule has 0 radical (unpaired) electrons. The lowest BCUT2D eigenvalue weighted by Gasteiger charge is -2.15. The Morgan fingerprint density at radius 2 is 1.82 bits per heavy atom. The van der Waals surface area contributed by atoms with Gasteiger partial charge in [-0.15, -0.1) is 0 Å². The zero-order chi connectivity index (χ0) is 15.8. The maximum atomic E-state index is 12.4. The maximum Gasteiger partial charge on any atom is 0.166 e. The van der Waals surface area contributed by atoms with Crippen molar-refractivity contribution in [3.8, 4) is 5.75 Å². The van der Waals surface area contributed by atoms with E-state index >= 15 is 0 Å². The number of hydrogen-bond acceptors (Lipinski definition) is 3. The average molecular weight is 295 g/mol. The molecule has 0 saturated heterocycles. The molecule has 3 nitrogen and oxygen atoms in total. The van der Waals surface area contributed by atoms with Gasteiger partial charge in [0.1, 0.15) is 5.75 Å². The molecule has 0 aliphatic rings. The first-order chi connectivity index (χ1) is 10.8. The van der Waals surface area contributed by atoms with E-state index in [0.717, 1.165) is 6.42 Å². The summed E-state index contributed by atoms with van der Waals surface area (Å²) in [6.07, 6.45) is 1.22. The molecule has 0 N–H and O–H groups in total. The van der Waals surface area contributed by atoms with E-state index in [4.69, 9.17) is 4.74 Å². The number of Topliss-reactive ketones (excluding diaryl/α,β-unsaturated/α-hetero) is 1. The molecule has 0 heterocycles. The minimum Gasteiger partial charge on any atom is -0.496 e. The van der Waals surface area contributed by atoms with Crippen LogP contribution in [0.5, 0.6) is 5.75 Å². The van der Waals surface area contributed by atoms with Crippen molar-refractivity contribution in [2.75, 3.05) is 13.7 Å². The highest BCUT2D eigenvalue weighted by Crippen LogP contribution is 2.25. The number of rotatable bonds is 8. The van der Waals surface area contributed by atoms with Crippen LogP contribution in [0.1, 0.15) is 34.7 Å². The van der Waals surface area contributed by atoms with E-state index in [0.29, 0.717) is 24.3 Å². The van der Waals surface area contributed by atoms with Crippen molar-refractivity contribution in [1.29, 1.82) is 0 Å². The number of hydrogen-bond donors (Lipinski definition) is 0. The first kappa shape index (κ1) is 16.0. The molecule has 0 fully saturated rings. The molecule has 1 atom stereocenters. The summed E-state index contributed by atoms with van der Waals surface area (Å²) in [6, 6.07) is 17.5. The van der Waals surface area contributed by atoms with Gasteiger partial charge in [0.15, 0.2) is 5.78 Å². The zero-order valence-corrected chi connectivity index (χ0v) is 12.9. The van der Waals surface area contributed by atoms with Gasteiger partial charge < -0.3 is 9.73 Å². The molecule has 2 rings (SSSR count). The van der Waals surface area contributed by atoms with E-state index in [1.54, 1.807) is 7.11 Å². The number of aliphatic imine (C=N–C) groups is 1. The lowest BCUT2D eigenvalue weighted by Crippen LogP contribution is -2.08. The van der Waals surface area contributed by atoms with Crippen molar-refractivity contribution in [2.24, 2.45) is 4.99 Å². The Labute approximate surface area is 131 Å². The van der Waals surface area contributed by atoms with Crippen LogP contribution in [0.4, 0.5) is 0 Å². The van der Waals surface area contributed by atoms with Crippen molar-refractivity contribution >= 4 is 12.5 Å². The number of nitrogens with zero attached hydrogens (tertiary/aromatic N) is 1. The van der Waals surface area contributed by atoms with E-state index < -0.39 is 0 Å². The van der Waals surface area contributed by atoms with Crippen molar-refractivity contribution in [1.82, 2.24) is 0 Å². The van der Waals surface area contributed by atoms with Gasteiger partial charge in [0, 0.05) is 18.9 Å². The van der Waals surface area contributed by atoms with Crippen LogP contribution in [0, 0.1) is 0 Å². The summed E-state index contributed by atoms with van der Waals surface area (Å²) in [5.74, 6) is 0.949. The molecule has 0 spiro atoms. The number of ketones is 1. The van der Waals surface area contributed by atoms with Crippen LogP contribution in [0.3, 0.4) is 0 Å². The summed E-state index contributed by atoms with van der Waals surface area (Å²) in [5.41, 5.74) is 1.84. The number of carbonyl (C=O) groups excluding carboxylic acids is 1. The van der Waals surface area contributed by atoms with Crippen molar-refractivity contribution in [3.05, 3.63) is 65.7 Å². The van der Waals surface area contributed by atoms with Gasteiger partial charge in [0.05, 0.1) is 12.7 Å². The van der Waals surface area contributed by atoms with Gasteiger partial charge in [0.25, 0.3) is 0 Å². The molecule has 0 aliphatic heterocycles. The molecule has 0 saturated carbocycles. The van der Waals surface area contributed by atoms with Crippen LogP contribution in [0.15, 0.2) is 59.6 Å². The summed E-state index contributed by atoms with van der Waals surface area (Å²) in [7, 11) is 1.58. The quantitative estimate of drug-likeness (QED) is 0.542. The van der Waals surface area contributed by atoms with Crippen molar-refractivity contribution in [3.63, 3.8) is 0 Å². The molecule has 0 aromatic heterocycles. The molecule has 2 aromatic carbocycles. The summed E-state index contributed by atoms with van der Waals surface area (Å²) in [5, 5.41) is 0. The van der Waals surface area contributed by atoms with Crippen LogP contribution < -0.4 is 4.74 Å².